The predicted octanol–water partition coefficient (Wildman–Crippen LogP) is 1.13. The molecule has 1 aliphatic rings. The zero-order valence-electron chi connectivity index (χ0n) is 9.58. The standard InChI is InChI=1S/C10H20N2OS.ClH/c1-7(6-14-3)12-10(13)8(2)9-4-11-5-9;/h7-9,11H,4-6H2,1-3H3,(H,12,13);1H. The molecule has 0 spiro atoms. The van der Waals surface area contributed by atoms with Gasteiger partial charge in [-0.2, -0.15) is 11.8 Å². The Morgan fingerprint density at radius 2 is 2.13 bits per heavy atom. The summed E-state index contributed by atoms with van der Waals surface area (Å²) in [4.78, 5) is 11.7. The second-order valence-corrected chi connectivity index (χ2v) is 4.98. The fourth-order valence-electron chi connectivity index (χ4n) is 1.54. The molecule has 1 saturated heterocycles. The third-order valence-electron chi connectivity index (χ3n) is 2.74. The Morgan fingerprint density at radius 3 is 2.53 bits per heavy atom. The maximum atomic E-state index is 11.7. The van der Waals surface area contributed by atoms with Gasteiger partial charge in [-0.05, 0) is 32.2 Å². The largest absolute Gasteiger partial charge is 0.353 e. The topological polar surface area (TPSA) is 41.1 Å². The Balaban J connectivity index is 0.00000196. The molecule has 15 heavy (non-hydrogen) atoms. The average molecular weight is 253 g/mol. The normalized spacial score (nSPS) is 19.7. The van der Waals surface area contributed by atoms with E-state index in [0.717, 1.165) is 18.8 Å². The van der Waals surface area contributed by atoms with Crippen molar-refractivity contribution in [2.75, 3.05) is 25.1 Å². The number of carbonyl (C=O) groups excluding carboxylic acids is 1. The van der Waals surface area contributed by atoms with Crippen molar-refractivity contribution in [3.8, 4) is 0 Å². The Labute approximate surface area is 103 Å². The van der Waals surface area contributed by atoms with Gasteiger partial charge < -0.3 is 10.6 Å². The van der Waals surface area contributed by atoms with E-state index >= 15 is 0 Å². The summed E-state index contributed by atoms with van der Waals surface area (Å²) in [7, 11) is 0. The minimum Gasteiger partial charge on any atom is -0.353 e. The molecular weight excluding hydrogens is 232 g/mol. The van der Waals surface area contributed by atoms with Crippen LogP contribution in [-0.2, 0) is 4.79 Å². The van der Waals surface area contributed by atoms with E-state index in [2.05, 4.69) is 23.8 Å². The molecule has 0 saturated carbocycles. The van der Waals surface area contributed by atoms with Gasteiger partial charge in [0.05, 0.1) is 0 Å². The van der Waals surface area contributed by atoms with Crippen molar-refractivity contribution in [2.24, 2.45) is 11.8 Å². The molecule has 90 valence electrons. The van der Waals surface area contributed by atoms with Crippen LogP contribution in [-0.4, -0.2) is 37.0 Å². The molecule has 0 radical (unpaired) electrons. The highest BCUT2D eigenvalue weighted by Gasteiger charge is 2.28. The number of nitrogens with one attached hydrogen (secondary N) is 2. The van der Waals surface area contributed by atoms with Gasteiger partial charge in [-0.25, -0.2) is 0 Å². The van der Waals surface area contributed by atoms with Gasteiger partial charge in [-0.3, -0.25) is 4.79 Å². The van der Waals surface area contributed by atoms with Crippen LogP contribution in [0.25, 0.3) is 0 Å². The molecule has 5 heteroatoms. The quantitative estimate of drug-likeness (QED) is 0.771. The van der Waals surface area contributed by atoms with Gasteiger partial charge >= 0.3 is 0 Å². The Hall–Kier alpha value is 0.0700. The first-order valence-electron chi connectivity index (χ1n) is 5.15. The first-order valence-corrected chi connectivity index (χ1v) is 6.54. The highest BCUT2D eigenvalue weighted by atomic mass is 35.5. The number of hydrogen-bond acceptors (Lipinski definition) is 3. The molecule has 2 N–H and O–H groups in total. The molecule has 0 aromatic heterocycles. The predicted molar refractivity (Wildman–Crippen MR) is 68.8 cm³/mol. The molecular formula is C10H21ClN2OS. The second-order valence-electron chi connectivity index (χ2n) is 4.07. The van der Waals surface area contributed by atoms with E-state index in [-0.39, 0.29) is 30.3 Å². The summed E-state index contributed by atoms with van der Waals surface area (Å²) < 4.78 is 0. The number of thioether (sulfide) groups is 1. The van der Waals surface area contributed by atoms with E-state index in [9.17, 15) is 4.79 Å². The lowest BCUT2D eigenvalue weighted by Gasteiger charge is -2.32. The number of amides is 1. The van der Waals surface area contributed by atoms with Gasteiger partial charge in [0.2, 0.25) is 5.91 Å². The molecule has 2 atom stereocenters. The molecule has 1 aliphatic heterocycles. The van der Waals surface area contributed by atoms with Crippen LogP contribution < -0.4 is 10.6 Å². The van der Waals surface area contributed by atoms with Gasteiger partial charge in [0.15, 0.2) is 0 Å². The van der Waals surface area contributed by atoms with Gasteiger partial charge in [0.25, 0.3) is 0 Å². The average Bonchev–Trinajstić information content (AvgIpc) is 2.01. The van der Waals surface area contributed by atoms with E-state index in [1.165, 1.54) is 0 Å². The van der Waals surface area contributed by atoms with Crippen molar-refractivity contribution in [1.82, 2.24) is 10.6 Å². The lowest BCUT2D eigenvalue weighted by atomic mass is 9.88. The Bertz CT molecular complexity index is 200. The van der Waals surface area contributed by atoms with Crippen LogP contribution in [0.3, 0.4) is 0 Å². The van der Waals surface area contributed by atoms with Crippen molar-refractivity contribution in [1.29, 1.82) is 0 Å². The van der Waals surface area contributed by atoms with E-state index in [1.807, 2.05) is 6.92 Å². The summed E-state index contributed by atoms with van der Waals surface area (Å²) >= 11 is 1.76. The van der Waals surface area contributed by atoms with Crippen LogP contribution in [0.2, 0.25) is 0 Å². The maximum Gasteiger partial charge on any atom is 0.223 e. The summed E-state index contributed by atoms with van der Waals surface area (Å²) in [5.41, 5.74) is 0. The van der Waals surface area contributed by atoms with Crippen LogP contribution in [0.15, 0.2) is 0 Å². The number of halogens is 1. The smallest absolute Gasteiger partial charge is 0.223 e. The van der Waals surface area contributed by atoms with E-state index in [1.54, 1.807) is 11.8 Å². The number of hydrogen-bond donors (Lipinski definition) is 2. The van der Waals surface area contributed by atoms with Crippen LogP contribution in [0, 0.1) is 11.8 Å². The second kappa shape index (κ2) is 7.36. The fourth-order valence-corrected chi connectivity index (χ4v) is 2.13. The first-order chi connectivity index (χ1) is 6.65. The molecule has 1 amide bonds. The lowest BCUT2D eigenvalue weighted by Crippen LogP contribution is -2.50. The molecule has 3 nitrogen and oxygen atoms in total. The SMILES string of the molecule is CSCC(C)NC(=O)C(C)C1CNC1.Cl. The zero-order valence-corrected chi connectivity index (χ0v) is 11.2. The van der Waals surface area contributed by atoms with E-state index in [4.69, 9.17) is 0 Å². The molecule has 0 aliphatic carbocycles. The van der Waals surface area contributed by atoms with Crippen molar-refractivity contribution >= 4 is 30.1 Å². The highest BCUT2D eigenvalue weighted by Crippen LogP contribution is 2.16. The van der Waals surface area contributed by atoms with Crippen molar-refractivity contribution in [3.63, 3.8) is 0 Å². The summed E-state index contributed by atoms with van der Waals surface area (Å²) in [6.07, 6.45) is 2.06. The van der Waals surface area contributed by atoms with Crippen LogP contribution in [0.5, 0.6) is 0 Å². The molecule has 1 fully saturated rings. The van der Waals surface area contributed by atoms with E-state index < -0.39 is 0 Å². The summed E-state index contributed by atoms with van der Waals surface area (Å²) in [5, 5.41) is 6.23. The Kier molecular flexibility index (Phi) is 7.40. The monoisotopic (exact) mass is 252 g/mol. The van der Waals surface area contributed by atoms with Crippen molar-refractivity contribution < 1.29 is 4.79 Å². The molecule has 1 heterocycles. The minimum absolute atomic E-state index is 0. The summed E-state index contributed by atoms with van der Waals surface area (Å²) in [6, 6.07) is 0.285. The van der Waals surface area contributed by atoms with Crippen LogP contribution in [0.4, 0.5) is 0 Å². The fraction of sp³-hybridized carbons (Fsp3) is 0.900. The highest BCUT2D eigenvalue weighted by molar-refractivity contribution is 7.98. The first kappa shape index (κ1) is 15.1. The molecule has 1 rings (SSSR count). The molecule has 2 unspecified atom stereocenters. The van der Waals surface area contributed by atoms with Crippen molar-refractivity contribution in [3.05, 3.63) is 0 Å². The third-order valence-corrected chi connectivity index (χ3v) is 3.57. The summed E-state index contributed by atoms with van der Waals surface area (Å²) in [5.74, 6) is 1.89. The molecule has 0 bridgehead atoms. The third kappa shape index (κ3) is 4.62. The summed E-state index contributed by atoms with van der Waals surface area (Å²) in [6.45, 7) is 6.06. The molecule has 0 aromatic rings. The maximum absolute atomic E-state index is 11.7. The van der Waals surface area contributed by atoms with Crippen LogP contribution in [0.1, 0.15) is 13.8 Å². The molecule has 0 aromatic carbocycles. The zero-order chi connectivity index (χ0) is 10.6. The van der Waals surface area contributed by atoms with Gasteiger partial charge in [0.1, 0.15) is 0 Å². The lowest BCUT2D eigenvalue weighted by molar-refractivity contribution is -0.127. The Morgan fingerprint density at radius 1 is 1.53 bits per heavy atom. The van der Waals surface area contributed by atoms with Gasteiger partial charge in [0, 0.05) is 17.7 Å². The van der Waals surface area contributed by atoms with E-state index in [0.29, 0.717) is 5.92 Å². The van der Waals surface area contributed by atoms with Crippen molar-refractivity contribution in [2.45, 2.75) is 19.9 Å². The number of carbonyl (C=O) groups is 1. The van der Waals surface area contributed by atoms with Crippen LogP contribution >= 0.6 is 24.2 Å². The van der Waals surface area contributed by atoms with Gasteiger partial charge in [-0.15, -0.1) is 12.4 Å². The number of rotatable bonds is 5. The minimum atomic E-state index is 0. The van der Waals surface area contributed by atoms with Gasteiger partial charge in [-0.1, -0.05) is 6.92 Å².